The molecule has 0 aromatic heterocycles. The number of hydrogen-bond donors (Lipinski definition) is 0. The SMILES string of the molecule is Cc1cc(Br)ccc1N1C[C@H](CI)OC1=O. The molecular weight excluding hydrogens is 385 g/mol. The Kier molecular flexibility index (Phi) is 3.73. The van der Waals surface area contributed by atoms with E-state index in [4.69, 9.17) is 4.74 Å². The minimum absolute atomic E-state index is 0.0103. The highest BCUT2D eigenvalue weighted by molar-refractivity contribution is 14.1. The monoisotopic (exact) mass is 395 g/mol. The van der Waals surface area contributed by atoms with E-state index in [0.29, 0.717) is 6.54 Å². The highest BCUT2D eigenvalue weighted by atomic mass is 127. The van der Waals surface area contributed by atoms with Gasteiger partial charge in [0.25, 0.3) is 0 Å². The Hall–Kier alpha value is -0.300. The number of benzene rings is 1. The predicted octanol–water partition coefficient (Wildman–Crippen LogP) is 3.52. The van der Waals surface area contributed by atoms with E-state index in [0.717, 1.165) is 20.2 Å². The molecule has 2 rings (SSSR count). The van der Waals surface area contributed by atoms with Crippen molar-refractivity contribution in [1.29, 1.82) is 0 Å². The Morgan fingerprint density at radius 2 is 2.38 bits per heavy atom. The zero-order valence-electron chi connectivity index (χ0n) is 8.74. The number of carbonyl (C=O) groups is 1. The molecule has 1 saturated heterocycles. The second kappa shape index (κ2) is 4.91. The lowest BCUT2D eigenvalue weighted by Crippen LogP contribution is -2.25. The van der Waals surface area contributed by atoms with Gasteiger partial charge in [-0.15, -0.1) is 0 Å². The molecule has 1 aliphatic rings. The molecule has 5 heteroatoms. The van der Waals surface area contributed by atoms with Crippen LogP contribution in [0.2, 0.25) is 0 Å². The van der Waals surface area contributed by atoms with Gasteiger partial charge in [-0.05, 0) is 30.7 Å². The molecule has 0 bridgehead atoms. The number of rotatable bonds is 2. The minimum atomic E-state index is -0.243. The van der Waals surface area contributed by atoms with Crippen molar-refractivity contribution in [2.75, 3.05) is 15.9 Å². The first-order valence-electron chi connectivity index (χ1n) is 4.92. The third kappa shape index (κ3) is 2.34. The molecule has 1 fully saturated rings. The molecule has 86 valence electrons. The number of ether oxygens (including phenoxy) is 1. The number of cyclic esters (lactones) is 1. The molecule has 1 atom stereocenters. The Morgan fingerprint density at radius 3 is 2.94 bits per heavy atom. The number of halogens is 2. The first-order valence-corrected chi connectivity index (χ1v) is 7.24. The molecule has 0 unspecified atom stereocenters. The lowest BCUT2D eigenvalue weighted by atomic mass is 10.2. The Morgan fingerprint density at radius 1 is 1.62 bits per heavy atom. The van der Waals surface area contributed by atoms with E-state index in [1.807, 2.05) is 25.1 Å². The zero-order valence-corrected chi connectivity index (χ0v) is 12.5. The van der Waals surface area contributed by atoms with Crippen LogP contribution in [0.4, 0.5) is 10.5 Å². The highest BCUT2D eigenvalue weighted by Crippen LogP contribution is 2.27. The Balaban J connectivity index is 2.28. The van der Waals surface area contributed by atoms with E-state index in [1.165, 1.54) is 0 Å². The summed E-state index contributed by atoms with van der Waals surface area (Å²) in [4.78, 5) is 13.4. The minimum Gasteiger partial charge on any atom is -0.443 e. The van der Waals surface area contributed by atoms with E-state index in [1.54, 1.807) is 4.90 Å². The second-order valence-corrected chi connectivity index (χ2v) is 5.50. The van der Waals surface area contributed by atoms with Gasteiger partial charge in [-0.1, -0.05) is 38.5 Å². The van der Waals surface area contributed by atoms with Crippen molar-refractivity contribution in [2.45, 2.75) is 13.0 Å². The van der Waals surface area contributed by atoms with Crippen molar-refractivity contribution >= 4 is 50.3 Å². The van der Waals surface area contributed by atoms with Crippen LogP contribution >= 0.6 is 38.5 Å². The van der Waals surface area contributed by atoms with Crippen molar-refractivity contribution in [3.05, 3.63) is 28.2 Å². The van der Waals surface area contributed by atoms with Gasteiger partial charge < -0.3 is 4.74 Å². The summed E-state index contributed by atoms with van der Waals surface area (Å²) in [6, 6.07) is 5.88. The van der Waals surface area contributed by atoms with Crippen LogP contribution in [-0.2, 0) is 4.74 Å². The van der Waals surface area contributed by atoms with Gasteiger partial charge in [-0.25, -0.2) is 4.79 Å². The summed E-state index contributed by atoms with van der Waals surface area (Å²) >= 11 is 5.64. The van der Waals surface area contributed by atoms with E-state index < -0.39 is 0 Å². The highest BCUT2D eigenvalue weighted by Gasteiger charge is 2.32. The van der Waals surface area contributed by atoms with Gasteiger partial charge in [0.1, 0.15) is 6.10 Å². The van der Waals surface area contributed by atoms with Gasteiger partial charge in [0.15, 0.2) is 0 Å². The fourth-order valence-electron chi connectivity index (χ4n) is 1.72. The zero-order chi connectivity index (χ0) is 11.7. The van der Waals surface area contributed by atoms with Crippen LogP contribution in [0, 0.1) is 6.92 Å². The number of carbonyl (C=O) groups excluding carboxylic acids is 1. The molecule has 0 radical (unpaired) electrons. The van der Waals surface area contributed by atoms with Crippen molar-refractivity contribution in [3.8, 4) is 0 Å². The maximum absolute atomic E-state index is 11.7. The summed E-state index contributed by atoms with van der Waals surface area (Å²) in [5, 5.41) is 0. The van der Waals surface area contributed by atoms with Gasteiger partial charge in [-0.3, -0.25) is 4.90 Å². The molecular formula is C11H11BrINO2. The third-order valence-corrected chi connectivity index (χ3v) is 3.97. The van der Waals surface area contributed by atoms with Crippen LogP contribution in [0.5, 0.6) is 0 Å². The van der Waals surface area contributed by atoms with E-state index >= 15 is 0 Å². The third-order valence-electron chi connectivity index (χ3n) is 2.50. The number of aryl methyl sites for hydroxylation is 1. The lowest BCUT2D eigenvalue weighted by Gasteiger charge is -2.15. The molecule has 0 spiro atoms. The number of alkyl halides is 1. The normalized spacial score (nSPS) is 20.1. The van der Waals surface area contributed by atoms with Crippen LogP contribution in [0.15, 0.2) is 22.7 Å². The molecule has 1 aromatic rings. The van der Waals surface area contributed by atoms with Crippen LogP contribution in [0.25, 0.3) is 0 Å². The van der Waals surface area contributed by atoms with Gasteiger partial charge in [0.05, 0.1) is 12.2 Å². The van der Waals surface area contributed by atoms with Crippen LogP contribution in [0.1, 0.15) is 5.56 Å². The van der Waals surface area contributed by atoms with Crippen LogP contribution in [-0.4, -0.2) is 23.2 Å². The summed E-state index contributed by atoms with van der Waals surface area (Å²) in [7, 11) is 0. The summed E-state index contributed by atoms with van der Waals surface area (Å²) in [6.07, 6.45) is -0.233. The average Bonchev–Trinajstić information content (AvgIpc) is 2.60. The smallest absolute Gasteiger partial charge is 0.414 e. The largest absolute Gasteiger partial charge is 0.443 e. The number of anilines is 1. The maximum atomic E-state index is 11.7. The van der Waals surface area contributed by atoms with Gasteiger partial charge in [-0.2, -0.15) is 0 Å². The second-order valence-electron chi connectivity index (χ2n) is 3.70. The molecule has 1 amide bonds. The summed E-state index contributed by atoms with van der Waals surface area (Å²) in [5.74, 6) is 0. The molecule has 0 aliphatic carbocycles. The molecule has 0 saturated carbocycles. The molecule has 16 heavy (non-hydrogen) atoms. The first-order chi connectivity index (χ1) is 7.61. The quantitative estimate of drug-likeness (QED) is 0.566. The van der Waals surface area contributed by atoms with Crippen molar-refractivity contribution < 1.29 is 9.53 Å². The summed E-state index contributed by atoms with van der Waals surface area (Å²) < 4.78 is 7.08. The summed E-state index contributed by atoms with van der Waals surface area (Å²) in [5.41, 5.74) is 2.00. The molecule has 1 aliphatic heterocycles. The van der Waals surface area contributed by atoms with E-state index in [-0.39, 0.29) is 12.2 Å². The summed E-state index contributed by atoms with van der Waals surface area (Å²) in [6.45, 7) is 2.63. The fourth-order valence-corrected chi connectivity index (χ4v) is 2.65. The van der Waals surface area contributed by atoms with E-state index in [2.05, 4.69) is 38.5 Å². The van der Waals surface area contributed by atoms with Crippen molar-refractivity contribution in [1.82, 2.24) is 0 Å². The molecule has 1 aromatic carbocycles. The first kappa shape index (κ1) is 12.2. The maximum Gasteiger partial charge on any atom is 0.414 e. The number of amides is 1. The topological polar surface area (TPSA) is 29.5 Å². The van der Waals surface area contributed by atoms with Crippen LogP contribution in [0.3, 0.4) is 0 Å². The number of nitrogens with zero attached hydrogens (tertiary/aromatic N) is 1. The number of hydrogen-bond acceptors (Lipinski definition) is 2. The average molecular weight is 396 g/mol. The van der Waals surface area contributed by atoms with Gasteiger partial charge in [0, 0.05) is 8.90 Å². The van der Waals surface area contributed by atoms with Gasteiger partial charge >= 0.3 is 6.09 Å². The van der Waals surface area contributed by atoms with Crippen LogP contribution < -0.4 is 4.90 Å². The lowest BCUT2D eigenvalue weighted by molar-refractivity contribution is 0.152. The molecule has 1 heterocycles. The van der Waals surface area contributed by atoms with Gasteiger partial charge in [0.2, 0.25) is 0 Å². The van der Waals surface area contributed by atoms with Crippen molar-refractivity contribution in [2.24, 2.45) is 0 Å². The fraction of sp³-hybridized carbons (Fsp3) is 0.364. The molecule has 0 N–H and O–H groups in total. The standard InChI is InChI=1S/C11H11BrINO2/c1-7-4-8(12)2-3-10(7)14-6-9(5-13)16-11(14)15/h2-4,9H,5-6H2,1H3/t9-/m0/s1. The Labute approximate surface area is 116 Å². The molecule has 3 nitrogen and oxygen atoms in total. The van der Waals surface area contributed by atoms with E-state index in [9.17, 15) is 4.79 Å². The Bertz CT molecular complexity index is 424. The van der Waals surface area contributed by atoms with Crippen molar-refractivity contribution in [3.63, 3.8) is 0 Å². The predicted molar refractivity (Wildman–Crippen MR) is 75.4 cm³/mol.